The van der Waals surface area contributed by atoms with Crippen LogP contribution in [0.5, 0.6) is 5.75 Å². The van der Waals surface area contributed by atoms with Crippen LogP contribution < -0.4 is 10.5 Å². The van der Waals surface area contributed by atoms with E-state index in [0.29, 0.717) is 25.4 Å². The second kappa shape index (κ2) is 7.22. The number of hydrogen-bond donors (Lipinski definition) is 1. The minimum atomic E-state index is -0.502. The van der Waals surface area contributed by atoms with Crippen molar-refractivity contribution < 1.29 is 18.7 Å². The van der Waals surface area contributed by atoms with E-state index in [1.807, 2.05) is 0 Å². The van der Waals surface area contributed by atoms with Gasteiger partial charge in [0.15, 0.2) is 18.2 Å². The van der Waals surface area contributed by atoms with Crippen LogP contribution in [0, 0.1) is 5.82 Å². The van der Waals surface area contributed by atoms with Crippen molar-refractivity contribution in [3.8, 4) is 5.75 Å². The zero-order valence-electron chi connectivity index (χ0n) is 12.9. The highest BCUT2D eigenvalue weighted by molar-refractivity contribution is 5.78. The van der Waals surface area contributed by atoms with Gasteiger partial charge in [0.2, 0.25) is 0 Å². The van der Waals surface area contributed by atoms with Crippen molar-refractivity contribution in [3.05, 3.63) is 48.2 Å². The van der Waals surface area contributed by atoms with Gasteiger partial charge in [-0.1, -0.05) is 12.1 Å². The summed E-state index contributed by atoms with van der Waals surface area (Å²) in [5.74, 6) is -0.431. The van der Waals surface area contributed by atoms with Crippen molar-refractivity contribution >= 4 is 11.7 Å². The van der Waals surface area contributed by atoms with Crippen molar-refractivity contribution in [2.75, 3.05) is 32.0 Å². The van der Waals surface area contributed by atoms with Crippen molar-refractivity contribution in [1.29, 1.82) is 0 Å². The predicted molar refractivity (Wildman–Crippen MR) is 83.6 cm³/mol. The van der Waals surface area contributed by atoms with E-state index in [4.69, 9.17) is 15.2 Å². The van der Waals surface area contributed by atoms with E-state index < -0.39 is 11.9 Å². The number of ether oxygens (including phenoxy) is 2. The maximum absolute atomic E-state index is 13.5. The summed E-state index contributed by atoms with van der Waals surface area (Å²) in [7, 11) is 0. The average Bonchev–Trinajstić information content (AvgIpc) is 2.61. The number of morpholine rings is 1. The lowest BCUT2D eigenvalue weighted by molar-refractivity contribution is -0.141. The number of carbonyl (C=O) groups excluding carboxylic acids is 1. The number of anilines is 1. The maximum atomic E-state index is 13.5. The minimum Gasteiger partial charge on any atom is -0.481 e. The minimum absolute atomic E-state index is 0.0498. The summed E-state index contributed by atoms with van der Waals surface area (Å²) in [5.41, 5.74) is 6.31. The second-order valence-corrected chi connectivity index (χ2v) is 5.25. The predicted octanol–water partition coefficient (Wildman–Crippen LogP) is 1.18. The van der Waals surface area contributed by atoms with Gasteiger partial charge >= 0.3 is 0 Å². The van der Waals surface area contributed by atoms with E-state index in [-0.39, 0.29) is 24.1 Å². The highest BCUT2D eigenvalue weighted by atomic mass is 19.1. The first-order valence-corrected chi connectivity index (χ1v) is 7.48. The molecule has 8 heteroatoms. The zero-order valence-corrected chi connectivity index (χ0v) is 12.9. The van der Waals surface area contributed by atoms with Crippen molar-refractivity contribution in [2.45, 2.75) is 6.10 Å². The number of nitrogens with zero attached hydrogens (tertiary/aromatic N) is 3. The molecular formula is C16H17FN4O3. The topological polar surface area (TPSA) is 90.6 Å². The zero-order chi connectivity index (χ0) is 16.9. The normalized spacial score (nSPS) is 17.5. The number of hydrogen-bond acceptors (Lipinski definition) is 6. The van der Waals surface area contributed by atoms with Crippen molar-refractivity contribution in [3.63, 3.8) is 0 Å². The smallest absolute Gasteiger partial charge is 0.260 e. The Morgan fingerprint density at radius 2 is 2.17 bits per heavy atom. The molecule has 24 heavy (non-hydrogen) atoms. The molecule has 1 aromatic carbocycles. The van der Waals surface area contributed by atoms with Gasteiger partial charge in [-0.3, -0.25) is 9.78 Å². The number of benzene rings is 1. The number of carbonyl (C=O) groups is 1. The molecule has 3 rings (SSSR count). The Balaban J connectivity index is 1.61. The van der Waals surface area contributed by atoms with Gasteiger partial charge in [0, 0.05) is 18.9 Å². The summed E-state index contributed by atoms with van der Waals surface area (Å²) < 4.78 is 24.4. The molecule has 126 valence electrons. The molecule has 1 fully saturated rings. The summed E-state index contributed by atoms with van der Waals surface area (Å²) >= 11 is 0. The third-order valence-corrected chi connectivity index (χ3v) is 3.67. The van der Waals surface area contributed by atoms with Crippen LogP contribution in [0.15, 0.2) is 36.7 Å². The number of nitrogen functional groups attached to an aromatic ring is 1. The summed E-state index contributed by atoms with van der Waals surface area (Å²) in [4.78, 5) is 22.0. The van der Waals surface area contributed by atoms with Gasteiger partial charge in [-0.2, -0.15) is 0 Å². The highest BCUT2D eigenvalue weighted by Gasteiger charge is 2.28. The van der Waals surface area contributed by atoms with Gasteiger partial charge in [-0.25, -0.2) is 9.37 Å². The molecule has 7 nitrogen and oxygen atoms in total. The van der Waals surface area contributed by atoms with Crippen LogP contribution in [0.2, 0.25) is 0 Å². The van der Waals surface area contributed by atoms with Crippen LogP contribution in [0.1, 0.15) is 11.8 Å². The molecule has 2 aromatic rings. The fourth-order valence-corrected chi connectivity index (χ4v) is 2.44. The third kappa shape index (κ3) is 3.60. The molecule has 1 amide bonds. The molecule has 0 unspecified atom stereocenters. The van der Waals surface area contributed by atoms with Gasteiger partial charge in [0.05, 0.1) is 13.2 Å². The molecule has 1 atom stereocenters. The monoisotopic (exact) mass is 332 g/mol. The molecule has 0 spiro atoms. The van der Waals surface area contributed by atoms with Crippen LogP contribution >= 0.6 is 0 Å². The Labute approximate surface area is 138 Å². The van der Waals surface area contributed by atoms with Crippen LogP contribution in [0.25, 0.3) is 0 Å². The molecule has 2 N–H and O–H groups in total. The average molecular weight is 332 g/mol. The second-order valence-electron chi connectivity index (χ2n) is 5.25. The quantitative estimate of drug-likeness (QED) is 0.904. The summed E-state index contributed by atoms with van der Waals surface area (Å²) in [6.07, 6.45) is 2.58. The Kier molecular flexibility index (Phi) is 4.85. The molecule has 0 bridgehead atoms. The van der Waals surface area contributed by atoms with E-state index in [9.17, 15) is 9.18 Å². The fourth-order valence-electron chi connectivity index (χ4n) is 2.44. The first-order chi connectivity index (χ1) is 11.6. The summed E-state index contributed by atoms with van der Waals surface area (Å²) in [5, 5.41) is 0. The summed E-state index contributed by atoms with van der Waals surface area (Å²) in [6.45, 7) is 0.828. The van der Waals surface area contributed by atoms with E-state index in [1.165, 1.54) is 24.5 Å². The number of para-hydroxylation sites is 1. The van der Waals surface area contributed by atoms with Gasteiger partial charge < -0.3 is 20.1 Å². The molecule has 0 aliphatic carbocycles. The first kappa shape index (κ1) is 16.1. The lowest BCUT2D eigenvalue weighted by Crippen LogP contribution is -2.44. The standard InChI is InChI=1S/C16H17FN4O3/c17-11-3-1-2-4-12(11)24-10-14(22)21-7-8-23-13(9-21)15-16(18)20-6-5-19-15/h1-6,13H,7-10H2,(H2,18,20)/t13-/m1/s1. The van der Waals surface area contributed by atoms with Crippen LogP contribution in [-0.4, -0.2) is 47.1 Å². The van der Waals surface area contributed by atoms with Crippen molar-refractivity contribution in [2.24, 2.45) is 0 Å². The number of nitrogens with two attached hydrogens (primary N) is 1. The van der Waals surface area contributed by atoms with E-state index in [0.717, 1.165) is 0 Å². The molecule has 0 saturated carbocycles. The van der Waals surface area contributed by atoms with Crippen LogP contribution in [-0.2, 0) is 9.53 Å². The Morgan fingerprint density at radius 3 is 2.96 bits per heavy atom. The lowest BCUT2D eigenvalue weighted by atomic mass is 10.2. The molecule has 2 heterocycles. The fraction of sp³-hybridized carbons (Fsp3) is 0.312. The SMILES string of the molecule is Nc1nccnc1[C@H]1CN(C(=O)COc2ccccc2F)CCO1. The third-order valence-electron chi connectivity index (χ3n) is 3.67. The van der Waals surface area contributed by atoms with Crippen LogP contribution in [0.4, 0.5) is 10.2 Å². The van der Waals surface area contributed by atoms with Crippen molar-refractivity contribution in [1.82, 2.24) is 14.9 Å². The Bertz CT molecular complexity index is 728. The maximum Gasteiger partial charge on any atom is 0.260 e. The number of rotatable bonds is 4. The molecule has 1 saturated heterocycles. The Morgan fingerprint density at radius 1 is 1.38 bits per heavy atom. The molecular weight excluding hydrogens is 315 g/mol. The van der Waals surface area contributed by atoms with Crippen LogP contribution in [0.3, 0.4) is 0 Å². The molecule has 1 aliphatic rings. The lowest BCUT2D eigenvalue weighted by Gasteiger charge is -2.32. The van der Waals surface area contributed by atoms with E-state index in [1.54, 1.807) is 17.0 Å². The van der Waals surface area contributed by atoms with Gasteiger partial charge in [-0.15, -0.1) is 0 Å². The number of halogens is 1. The number of aromatic nitrogens is 2. The number of amides is 1. The first-order valence-electron chi connectivity index (χ1n) is 7.48. The summed E-state index contributed by atoms with van der Waals surface area (Å²) in [6, 6.07) is 5.96. The Hall–Kier alpha value is -2.74. The molecule has 1 aliphatic heterocycles. The van der Waals surface area contributed by atoms with E-state index in [2.05, 4.69) is 9.97 Å². The molecule has 0 radical (unpaired) electrons. The molecule has 1 aromatic heterocycles. The van der Waals surface area contributed by atoms with Gasteiger partial charge in [0.1, 0.15) is 17.6 Å². The highest BCUT2D eigenvalue weighted by Crippen LogP contribution is 2.24. The largest absolute Gasteiger partial charge is 0.481 e. The van der Waals surface area contributed by atoms with Gasteiger partial charge in [0.25, 0.3) is 5.91 Å². The van der Waals surface area contributed by atoms with E-state index >= 15 is 0 Å². The van der Waals surface area contributed by atoms with Gasteiger partial charge in [-0.05, 0) is 12.1 Å².